The van der Waals surface area contributed by atoms with Gasteiger partial charge < -0.3 is 5.32 Å². The second-order valence-corrected chi connectivity index (χ2v) is 5.24. The van der Waals surface area contributed by atoms with E-state index >= 15 is 0 Å². The topological polar surface area (TPSA) is 12.0 Å². The van der Waals surface area contributed by atoms with Crippen molar-refractivity contribution in [2.45, 2.75) is 6.54 Å². The summed E-state index contributed by atoms with van der Waals surface area (Å²) in [5.41, 5.74) is 2.02. The summed E-state index contributed by atoms with van der Waals surface area (Å²) in [7, 11) is 0. The molecular weight excluding hydrogens is 281 g/mol. The van der Waals surface area contributed by atoms with Crippen LogP contribution in [-0.4, -0.2) is 4.99 Å². The number of fused-ring (bicyclic) bond motifs is 1. The fourth-order valence-corrected chi connectivity index (χ4v) is 2.55. The molecule has 0 radical (unpaired) electrons. The van der Waals surface area contributed by atoms with E-state index in [4.69, 9.17) is 12.2 Å². The lowest BCUT2D eigenvalue weighted by Gasteiger charge is -2.11. The fourth-order valence-electron chi connectivity index (χ4n) is 2.30. The largest absolute Gasteiger partial charge is 0.372 e. The number of halogens is 1. The van der Waals surface area contributed by atoms with Crippen molar-refractivity contribution in [2.75, 3.05) is 0 Å². The van der Waals surface area contributed by atoms with Crippen LogP contribution in [-0.2, 0) is 6.54 Å². The lowest BCUT2D eigenvalue weighted by atomic mass is 10.0. The molecule has 0 saturated carbocycles. The van der Waals surface area contributed by atoms with Crippen LogP contribution in [0.3, 0.4) is 0 Å². The molecule has 104 valence electrons. The Hall–Kier alpha value is -2.26. The molecule has 0 aliphatic heterocycles. The molecule has 0 bridgehead atoms. The zero-order valence-corrected chi connectivity index (χ0v) is 12.2. The maximum atomic E-state index is 12.9. The molecule has 3 heteroatoms. The molecule has 1 N–H and O–H groups in total. The van der Waals surface area contributed by atoms with Crippen molar-refractivity contribution in [3.8, 4) is 0 Å². The predicted octanol–water partition coefficient (Wildman–Crippen LogP) is 4.44. The molecule has 0 amide bonds. The zero-order valence-electron chi connectivity index (χ0n) is 11.3. The Morgan fingerprint density at radius 2 is 1.62 bits per heavy atom. The summed E-state index contributed by atoms with van der Waals surface area (Å²) in [6.45, 7) is 0.586. The minimum absolute atomic E-state index is 0.227. The molecule has 0 saturated heterocycles. The van der Waals surface area contributed by atoms with Crippen molar-refractivity contribution in [1.29, 1.82) is 0 Å². The van der Waals surface area contributed by atoms with Crippen LogP contribution in [0.1, 0.15) is 11.1 Å². The number of thiocarbonyl (C=S) groups is 1. The van der Waals surface area contributed by atoms with Gasteiger partial charge in [0.1, 0.15) is 10.8 Å². The Morgan fingerprint density at radius 1 is 0.905 bits per heavy atom. The van der Waals surface area contributed by atoms with Gasteiger partial charge in [-0.2, -0.15) is 0 Å². The molecule has 0 heterocycles. The third kappa shape index (κ3) is 3.09. The molecule has 0 spiro atoms. The molecule has 1 nitrogen and oxygen atoms in total. The Kier molecular flexibility index (Phi) is 3.93. The van der Waals surface area contributed by atoms with E-state index in [0.29, 0.717) is 11.5 Å². The summed E-state index contributed by atoms with van der Waals surface area (Å²) in [5.74, 6) is -0.227. The molecule has 0 aliphatic rings. The minimum atomic E-state index is -0.227. The third-order valence-electron chi connectivity index (χ3n) is 3.40. The lowest BCUT2D eigenvalue weighted by molar-refractivity contribution is 0.627. The van der Waals surface area contributed by atoms with Crippen LogP contribution in [0.25, 0.3) is 10.8 Å². The van der Waals surface area contributed by atoms with Gasteiger partial charge >= 0.3 is 0 Å². The van der Waals surface area contributed by atoms with Crippen LogP contribution >= 0.6 is 12.2 Å². The lowest BCUT2D eigenvalue weighted by Crippen LogP contribution is -2.21. The summed E-state index contributed by atoms with van der Waals surface area (Å²) >= 11 is 5.49. The number of benzene rings is 3. The first-order valence-electron chi connectivity index (χ1n) is 6.74. The number of rotatable bonds is 3. The highest BCUT2D eigenvalue weighted by atomic mass is 32.1. The van der Waals surface area contributed by atoms with Gasteiger partial charge in [0.05, 0.1) is 0 Å². The molecule has 0 aliphatic carbocycles. The normalized spacial score (nSPS) is 10.5. The highest BCUT2D eigenvalue weighted by molar-refractivity contribution is 7.80. The van der Waals surface area contributed by atoms with Crippen LogP contribution in [0.2, 0.25) is 0 Å². The van der Waals surface area contributed by atoms with Crippen molar-refractivity contribution in [3.05, 3.63) is 83.7 Å². The molecule has 3 aromatic rings. The summed E-state index contributed by atoms with van der Waals surface area (Å²) < 4.78 is 12.9. The molecule has 3 rings (SSSR count). The van der Waals surface area contributed by atoms with E-state index in [1.807, 2.05) is 24.3 Å². The van der Waals surface area contributed by atoms with E-state index in [9.17, 15) is 4.39 Å². The maximum Gasteiger partial charge on any atom is 0.123 e. The third-order valence-corrected chi connectivity index (χ3v) is 3.76. The first kappa shape index (κ1) is 13.7. The van der Waals surface area contributed by atoms with E-state index < -0.39 is 0 Å². The standard InChI is InChI=1S/C18H14FNS/c19-15-10-8-13(9-11-15)12-20-18(21)17-7-3-5-14-4-1-2-6-16(14)17/h1-11H,12H2,(H,20,21). The van der Waals surface area contributed by atoms with Gasteiger partial charge in [0.2, 0.25) is 0 Å². The molecule has 3 aromatic carbocycles. The van der Waals surface area contributed by atoms with Crippen molar-refractivity contribution in [2.24, 2.45) is 0 Å². The van der Waals surface area contributed by atoms with Gasteiger partial charge in [-0.1, -0.05) is 66.8 Å². The average Bonchev–Trinajstić information content (AvgIpc) is 2.53. The first-order valence-corrected chi connectivity index (χ1v) is 7.15. The van der Waals surface area contributed by atoms with Gasteiger partial charge in [0, 0.05) is 12.1 Å². The molecule has 21 heavy (non-hydrogen) atoms. The van der Waals surface area contributed by atoms with Gasteiger partial charge in [-0.3, -0.25) is 0 Å². The number of nitrogens with one attached hydrogen (secondary N) is 1. The smallest absolute Gasteiger partial charge is 0.123 e. The fraction of sp³-hybridized carbons (Fsp3) is 0.0556. The number of hydrogen-bond donors (Lipinski definition) is 1. The minimum Gasteiger partial charge on any atom is -0.372 e. The number of hydrogen-bond acceptors (Lipinski definition) is 1. The van der Waals surface area contributed by atoms with E-state index in [1.165, 1.54) is 17.5 Å². The first-order chi connectivity index (χ1) is 10.2. The SMILES string of the molecule is Fc1ccc(CNC(=S)c2cccc3ccccc23)cc1. The monoisotopic (exact) mass is 295 g/mol. The second-order valence-electron chi connectivity index (χ2n) is 4.84. The Morgan fingerprint density at radius 3 is 2.43 bits per heavy atom. The van der Waals surface area contributed by atoms with Crippen molar-refractivity contribution >= 4 is 28.0 Å². The van der Waals surface area contributed by atoms with Gasteiger partial charge in [-0.05, 0) is 28.5 Å². The van der Waals surface area contributed by atoms with Crippen LogP contribution in [0, 0.1) is 5.82 Å². The second kappa shape index (κ2) is 6.02. The van der Waals surface area contributed by atoms with Gasteiger partial charge in [-0.25, -0.2) is 4.39 Å². The molecule has 0 atom stereocenters. The summed E-state index contributed by atoms with van der Waals surface area (Å²) in [5, 5.41) is 5.54. The van der Waals surface area contributed by atoms with E-state index in [2.05, 4.69) is 23.5 Å². The Balaban J connectivity index is 1.79. The molecular formula is C18H14FNS. The van der Waals surface area contributed by atoms with Crippen molar-refractivity contribution in [1.82, 2.24) is 5.32 Å². The average molecular weight is 295 g/mol. The van der Waals surface area contributed by atoms with E-state index in [0.717, 1.165) is 16.5 Å². The zero-order chi connectivity index (χ0) is 14.7. The van der Waals surface area contributed by atoms with Crippen molar-refractivity contribution < 1.29 is 4.39 Å². The maximum absolute atomic E-state index is 12.9. The molecule has 0 aromatic heterocycles. The van der Waals surface area contributed by atoms with Gasteiger partial charge in [0.25, 0.3) is 0 Å². The predicted molar refractivity (Wildman–Crippen MR) is 88.9 cm³/mol. The molecule has 0 fully saturated rings. The quantitative estimate of drug-likeness (QED) is 0.717. The Labute approximate surface area is 128 Å². The summed E-state index contributed by atoms with van der Waals surface area (Å²) in [6.07, 6.45) is 0. The molecule has 0 unspecified atom stereocenters. The van der Waals surface area contributed by atoms with E-state index in [1.54, 1.807) is 12.1 Å². The van der Waals surface area contributed by atoms with Gasteiger partial charge in [0.15, 0.2) is 0 Å². The van der Waals surface area contributed by atoms with Crippen LogP contribution in [0.15, 0.2) is 66.7 Å². The highest BCUT2D eigenvalue weighted by Gasteiger charge is 2.05. The Bertz CT molecular complexity index is 775. The summed E-state index contributed by atoms with van der Waals surface area (Å²) in [6, 6.07) is 20.7. The van der Waals surface area contributed by atoms with Gasteiger partial charge in [-0.15, -0.1) is 0 Å². The highest BCUT2D eigenvalue weighted by Crippen LogP contribution is 2.18. The van der Waals surface area contributed by atoms with Crippen LogP contribution < -0.4 is 5.32 Å². The summed E-state index contributed by atoms with van der Waals surface area (Å²) in [4.78, 5) is 0.705. The van der Waals surface area contributed by atoms with Crippen molar-refractivity contribution in [3.63, 3.8) is 0 Å². The van der Waals surface area contributed by atoms with Crippen LogP contribution in [0.5, 0.6) is 0 Å². The van der Waals surface area contributed by atoms with Crippen LogP contribution in [0.4, 0.5) is 4.39 Å². The van der Waals surface area contributed by atoms with E-state index in [-0.39, 0.29) is 5.82 Å².